The highest BCUT2D eigenvalue weighted by Crippen LogP contribution is 2.22. The molecular weight excluding hydrogens is 342 g/mol. The zero-order valence-corrected chi connectivity index (χ0v) is 17.1. The average molecular weight is 376 g/mol. The van der Waals surface area contributed by atoms with Crippen molar-refractivity contribution in [3.63, 3.8) is 0 Å². The van der Waals surface area contributed by atoms with Gasteiger partial charge in [-0.2, -0.15) is 0 Å². The van der Waals surface area contributed by atoms with Crippen molar-refractivity contribution in [2.75, 3.05) is 52.9 Å². The summed E-state index contributed by atoms with van der Waals surface area (Å²) in [7, 11) is 1.73. The van der Waals surface area contributed by atoms with Crippen molar-refractivity contribution in [3.8, 4) is 5.75 Å². The van der Waals surface area contributed by atoms with E-state index in [0.29, 0.717) is 19.6 Å². The molecule has 0 saturated carbocycles. The zero-order valence-electron chi connectivity index (χ0n) is 17.1. The number of morpholine rings is 1. The minimum Gasteiger partial charge on any atom is -0.496 e. The van der Waals surface area contributed by atoms with Gasteiger partial charge < -0.3 is 14.4 Å². The molecule has 0 aromatic heterocycles. The molecule has 1 aromatic rings. The molecule has 2 aliphatic heterocycles. The normalized spacial score (nSPS) is 24.8. The number of ether oxygens (including phenoxy) is 2. The Morgan fingerprint density at radius 2 is 1.74 bits per heavy atom. The Hall–Kier alpha value is -1.63. The molecule has 3 rings (SSSR count). The van der Waals surface area contributed by atoms with Crippen molar-refractivity contribution in [1.82, 2.24) is 14.7 Å². The number of nitrogens with zero attached hydrogens (tertiary/aromatic N) is 3. The van der Waals surface area contributed by atoms with Gasteiger partial charge in [0.1, 0.15) is 5.75 Å². The first kappa shape index (κ1) is 20.1. The first-order valence-corrected chi connectivity index (χ1v) is 9.96. The van der Waals surface area contributed by atoms with Crippen LogP contribution in [0, 0.1) is 6.92 Å². The van der Waals surface area contributed by atoms with Crippen LogP contribution in [0.4, 0.5) is 0 Å². The second-order valence-corrected chi connectivity index (χ2v) is 7.92. The maximum atomic E-state index is 12.6. The van der Waals surface area contributed by atoms with Crippen LogP contribution in [0.1, 0.15) is 25.0 Å². The van der Waals surface area contributed by atoms with Gasteiger partial charge in [-0.3, -0.25) is 14.6 Å². The largest absolute Gasteiger partial charge is 0.496 e. The SMILES string of the molecule is COc1ccc(C)cc1CN1CCN(CC(=O)N2C[C@H](C)O[C@@H](C)C2)CC1. The van der Waals surface area contributed by atoms with E-state index in [1.807, 2.05) is 24.8 Å². The fourth-order valence-corrected chi connectivity index (χ4v) is 4.05. The number of benzene rings is 1. The molecule has 6 heteroatoms. The van der Waals surface area contributed by atoms with Crippen molar-refractivity contribution in [2.24, 2.45) is 0 Å². The number of carbonyl (C=O) groups excluding carboxylic acids is 1. The molecule has 2 heterocycles. The third-order valence-electron chi connectivity index (χ3n) is 5.43. The van der Waals surface area contributed by atoms with E-state index in [-0.39, 0.29) is 18.1 Å². The van der Waals surface area contributed by atoms with Gasteiger partial charge in [-0.1, -0.05) is 17.7 Å². The second kappa shape index (κ2) is 9.04. The van der Waals surface area contributed by atoms with Crippen molar-refractivity contribution in [2.45, 2.75) is 39.5 Å². The van der Waals surface area contributed by atoms with Crippen molar-refractivity contribution >= 4 is 5.91 Å². The molecule has 150 valence electrons. The molecule has 0 unspecified atom stereocenters. The molecule has 0 radical (unpaired) electrons. The fraction of sp³-hybridized carbons (Fsp3) is 0.667. The minimum atomic E-state index is 0.124. The number of hydrogen-bond acceptors (Lipinski definition) is 5. The van der Waals surface area contributed by atoms with Crippen molar-refractivity contribution in [1.29, 1.82) is 0 Å². The Morgan fingerprint density at radius 1 is 1.11 bits per heavy atom. The molecule has 0 bridgehead atoms. The Bertz CT molecular complexity index is 634. The highest BCUT2D eigenvalue weighted by Gasteiger charge is 2.28. The van der Waals surface area contributed by atoms with E-state index in [1.54, 1.807) is 7.11 Å². The Kier molecular flexibility index (Phi) is 6.73. The van der Waals surface area contributed by atoms with Crippen molar-refractivity contribution in [3.05, 3.63) is 29.3 Å². The summed E-state index contributed by atoms with van der Waals surface area (Å²) in [5, 5.41) is 0. The molecule has 2 aliphatic rings. The summed E-state index contributed by atoms with van der Waals surface area (Å²) < 4.78 is 11.2. The summed E-state index contributed by atoms with van der Waals surface area (Å²) in [4.78, 5) is 19.3. The average Bonchev–Trinajstić information content (AvgIpc) is 2.63. The summed E-state index contributed by atoms with van der Waals surface area (Å²) in [5.41, 5.74) is 2.49. The van der Waals surface area contributed by atoms with Gasteiger partial charge >= 0.3 is 0 Å². The number of aryl methyl sites for hydroxylation is 1. The zero-order chi connectivity index (χ0) is 19.4. The highest BCUT2D eigenvalue weighted by molar-refractivity contribution is 5.78. The lowest BCUT2D eigenvalue weighted by atomic mass is 10.1. The van der Waals surface area contributed by atoms with E-state index in [2.05, 4.69) is 28.9 Å². The molecule has 0 spiro atoms. The van der Waals surface area contributed by atoms with E-state index in [4.69, 9.17) is 9.47 Å². The number of rotatable bonds is 5. The molecule has 1 aromatic carbocycles. The maximum absolute atomic E-state index is 12.6. The Balaban J connectivity index is 1.48. The van der Waals surface area contributed by atoms with E-state index in [9.17, 15) is 4.79 Å². The van der Waals surface area contributed by atoms with Gasteiger partial charge in [-0.15, -0.1) is 0 Å². The quantitative estimate of drug-likeness (QED) is 0.785. The number of piperazine rings is 1. The fourth-order valence-electron chi connectivity index (χ4n) is 4.05. The van der Waals surface area contributed by atoms with E-state index in [1.165, 1.54) is 11.1 Å². The van der Waals surface area contributed by atoms with Crippen LogP contribution in [0.5, 0.6) is 5.75 Å². The summed E-state index contributed by atoms with van der Waals surface area (Å²) in [6, 6.07) is 6.33. The molecule has 0 N–H and O–H groups in total. The summed E-state index contributed by atoms with van der Waals surface area (Å²) in [6.07, 6.45) is 0.248. The molecular formula is C21H33N3O3. The minimum absolute atomic E-state index is 0.124. The lowest BCUT2D eigenvalue weighted by Gasteiger charge is -2.38. The van der Waals surface area contributed by atoms with Gasteiger partial charge in [0.2, 0.25) is 5.91 Å². The third kappa shape index (κ3) is 5.43. The summed E-state index contributed by atoms with van der Waals surface area (Å²) in [5.74, 6) is 1.18. The predicted octanol–water partition coefficient (Wildman–Crippen LogP) is 1.76. The van der Waals surface area contributed by atoms with Crippen LogP contribution >= 0.6 is 0 Å². The maximum Gasteiger partial charge on any atom is 0.236 e. The molecule has 27 heavy (non-hydrogen) atoms. The highest BCUT2D eigenvalue weighted by atomic mass is 16.5. The van der Waals surface area contributed by atoms with Crippen molar-refractivity contribution < 1.29 is 14.3 Å². The first-order chi connectivity index (χ1) is 12.9. The van der Waals surface area contributed by atoms with Gasteiger partial charge in [0.05, 0.1) is 25.9 Å². The number of amides is 1. The summed E-state index contributed by atoms with van der Waals surface area (Å²) >= 11 is 0. The number of methoxy groups -OCH3 is 1. The van der Waals surface area contributed by atoms with Crippen LogP contribution < -0.4 is 4.74 Å². The topological polar surface area (TPSA) is 45.2 Å². The smallest absolute Gasteiger partial charge is 0.236 e. The van der Waals surface area contributed by atoms with Crippen LogP contribution in [0.3, 0.4) is 0 Å². The lowest BCUT2D eigenvalue weighted by Crippen LogP contribution is -2.53. The number of hydrogen-bond donors (Lipinski definition) is 0. The van der Waals surface area contributed by atoms with Crippen LogP contribution in [0.15, 0.2) is 18.2 Å². The molecule has 2 fully saturated rings. The predicted molar refractivity (Wildman–Crippen MR) is 106 cm³/mol. The van der Waals surface area contributed by atoms with Gasteiger partial charge in [-0.05, 0) is 26.8 Å². The second-order valence-electron chi connectivity index (χ2n) is 7.92. The summed E-state index contributed by atoms with van der Waals surface area (Å²) in [6.45, 7) is 12.8. The standard InChI is InChI=1S/C21H33N3O3/c1-16-5-6-20(26-4)19(11-16)14-22-7-9-23(10-8-22)15-21(25)24-12-17(2)27-18(3)13-24/h5-6,11,17-18H,7-10,12-15H2,1-4H3/t17-,18-/m0/s1. The first-order valence-electron chi connectivity index (χ1n) is 9.96. The molecule has 2 saturated heterocycles. The molecule has 2 atom stereocenters. The molecule has 1 amide bonds. The van der Waals surface area contributed by atoms with Gasteiger partial charge in [0, 0.05) is 51.4 Å². The van der Waals surface area contributed by atoms with E-state index >= 15 is 0 Å². The number of carbonyl (C=O) groups is 1. The van der Waals surface area contributed by atoms with E-state index in [0.717, 1.165) is 38.5 Å². The van der Waals surface area contributed by atoms with Gasteiger partial charge in [-0.25, -0.2) is 0 Å². The third-order valence-corrected chi connectivity index (χ3v) is 5.43. The lowest BCUT2D eigenvalue weighted by molar-refractivity contribution is -0.144. The van der Waals surface area contributed by atoms with Crippen LogP contribution in [0.25, 0.3) is 0 Å². The Labute approximate surface area is 163 Å². The van der Waals surface area contributed by atoms with Gasteiger partial charge in [0.15, 0.2) is 0 Å². The molecule has 6 nitrogen and oxygen atoms in total. The van der Waals surface area contributed by atoms with Crippen LogP contribution in [-0.4, -0.2) is 85.7 Å². The van der Waals surface area contributed by atoms with E-state index < -0.39 is 0 Å². The van der Waals surface area contributed by atoms with Crippen LogP contribution in [0.2, 0.25) is 0 Å². The Morgan fingerprint density at radius 3 is 2.37 bits per heavy atom. The molecule has 0 aliphatic carbocycles. The van der Waals surface area contributed by atoms with Crippen LogP contribution in [-0.2, 0) is 16.1 Å². The van der Waals surface area contributed by atoms with Gasteiger partial charge in [0.25, 0.3) is 0 Å². The monoisotopic (exact) mass is 375 g/mol.